The van der Waals surface area contributed by atoms with Crippen LogP contribution in [0.3, 0.4) is 0 Å². The number of rotatable bonds is 7. The van der Waals surface area contributed by atoms with E-state index in [0.29, 0.717) is 12.3 Å². The number of nitrogens with one attached hydrogen (secondary N) is 2. The minimum atomic E-state index is -0.511. The minimum absolute atomic E-state index is 0.0351. The van der Waals surface area contributed by atoms with Crippen LogP contribution in [-0.4, -0.2) is 30.6 Å². The Morgan fingerprint density at radius 1 is 1.18 bits per heavy atom. The van der Waals surface area contributed by atoms with Gasteiger partial charge in [0.15, 0.2) is 0 Å². The number of hydrogen-bond acceptors (Lipinski definition) is 4. The second-order valence-electron chi connectivity index (χ2n) is 6.23. The van der Waals surface area contributed by atoms with Gasteiger partial charge in [-0.05, 0) is 42.8 Å². The van der Waals surface area contributed by atoms with Crippen molar-refractivity contribution in [3.8, 4) is 5.75 Å². The van der Waals surface area contributed by atoms with Gasteiger partial charge in [-0.1, -0.05) is 28.1 Å². The number of benzene rings is 2. The topological polar surface area (TPSA) is 80.4 Å². The number of hydrogen-bond donors (Lipinski definition) is 2. The van der Waals surface area contributed by atoms with Crippen molar-refractivity contribution in [3.63, 3.8) is 0 Å². The van der Waals surface area contributed by atoms with Crippen LogP contribution in [0.25, 0.3) is 10.9 Å². The van der Waals surface area contributed by atoms with Gasteiger partial charge in [0.05, 0.1) is 26.2 Å². The second-order valence-corrected chi connectivity index (χ2v) is 7.14. The Labute approximate surface area is 171 Å². The highest BCUT2D eigenvalue weighted by Gasteiger charge is 2.21. The summed E-state index contributed by atoms with van der Waals surface area (Å²) in [5, 5.41) is 3.82. The highest BCUT2D eigenvalue weighted by Crippen LogP contribution is 2.24. The van der Waals surface area contributed by atoms with E-state index in [2.05, 4.69) is 26.2 Å². The Balaban J connectivity index is 1.84. The number of fused-ring (bicyclic) bond motifs is 1. The van der Waals surface area contributed by atoms with Crippen LogP contribution in [0.4, 0.5) is 0 Å². The van der Waals surface area contributed by atoms with Crippen LogP contribution in [0.5, 0.6) is 5.75 Å². The van der Waals surface area contributed by atoms with Gasteiger partial charge in [0.25, 0.3) is 5.91 Å². The maximum absolute atomic E-state index is 12.8. The number of aromatic amines is 1. The maximum atomic E-state index is 12.8. The smallest absolute Gasteiger partial charge is 0.307 e. The van der Waals surface area contributed by atoms with E-state index < -0.39 is 12.0 Å². The van der Waals surface area contributed by atoms with E-state index in [1.54, 1.807) is 6.07 Å². The van der Waals surface area contributed by atoms with E-state index in [4.69, 9.17) is 9.47 Å². The summed E-state index contributed by atoms with van der Waals surface area (Å²) in [6.07, 6.45) is 0.0351. The molecule has 3 aromatic rings. The van der Waals surface area contributed by atoms with Crippen LogP contribution in [0.1, 0.15) is 35.4 Å². The molecule has 0 bridgehead atoms. The fourth-order valence-corrected chi connectivity index (χ4v) is 3.36. The highest BCUT2D eigenvalue weighted by molar-refractivity contribution is 9.10. The molecule has 0 saturated carbocycles. The van der Waals surface area contributed by atoms with E-state index in [1.165, 1.54) is 7.11 Å². The number of halogens is 1. The molecule has 0 radical (unpaired) electrons. The van der Waals surface area contributed by atoms with Gasteiger partial charge in [-0.25, -0.2) is 0 Å². The Bertz CT molecular complexity index is 999. The average molecular weight is 445 g/mol. The van der Waals surface area contributed by atoms with Crippen molar-refractivity contribution in [2.24, 2.45) is 0 Å². The quantitative estimate of drug-likeness (QED) is 0.530. The van der Waals surface area contributed by atoms with Gasteiger partial charge in [0.1, 0.15) is 11.4 Å². The molecule has 1 heterocycles. The predicted octanol–water partition coefficient (Wildman–Crippen LogP) is 4.36. The molecule has 28 heavy (non-hydrogen) atoms. The molecule has 1 unspecified atom stereocenters. The molecule has 0 aliphatic heterocycles. The number of amides is 1. The molecule has 2 N–H and O–H groups in total. The summed E-state index contributed by atoms with van der Waals surface area (Å²) < 4.78 is 11.1. The summed E-state index contributed by atoms with van der Waals surface area (Å²) in [7, 11) is 1.33. The van der Waals surface area contributed by atoms with Crippen LogP contribution >= 0.6 is 15.9 Å². The third kappa shape index (κ3) is 4.72. The molecule has 7 heteroatoms. The number of carbonyl (C=O) groups excluding carboxylic acids is 2. The van der Waals surface area contributed by atoms with Crippen LogP contribution in [-0.2, 0) is 9.53 Å². The number of H-pyrrole nitrogens is 1. The summed E-state index contributed by atoms with van der Waals surface area (Å²) in [6, 6.07) is 14.3. The monoisotopic (exact) mass is 444 g/mol. The summed E-state index contributed by atoms with van der Waals surface area (Å²) in [5.74, 6) is 0.0350. The summed E-state index contributed by atoms with van der Waals surface area (Å²) in [5.41, 5.74) is 2.03. The van der Waals surface area contributed by atoms with Crippen LogP contribution in [0.15, 0.2) is 53.0 Å². The molecule has 0 spiro atoms. The molecule has 0 fully saturated rings. The number of ether oxygens (including phenoxy) is 2. The van der Waals surface area contributed by atoms with Crippen molar-refractivity contribution in [2.45, 2.75) is 19.4 Å². The molecular formula is C21H21BrN2O4. The SMILES string of the molecule is CCOc1ccc2cc(C(=O)NC(CC(=O)OC)c3cccc(Br)c3)[nH]c2c1. The van der Waals surface area contributed by atoms with Crippen molar-refractivity contribution < 1.29 is 19.1 Å². The van der Waals surface area contributed by atoms with E-state index in [0.717, 1.165) is 26.7 Å². The molecule has 146 valence electrons. The molecule has 3 rings (SSSR count). The minimum Gasteiger partial charge on any atom is -0.494 e. The first-order valence-corrected chi connectivity index (χ1v) is 9.68. The van der Waals surface area contributed by atoms with Gasteiger partial charge >= 0.3 is 5.97 Å². The fourth-order valence-electron chi connectivity index (χ4n) is 2.95. The Morgan fingerprint density at radius 2 is 2.00 bits per heavy atom. The lowest BCUT2D eigenvalue weighted by Crippen LogP contribution is -2.30. The average Bonchev–Trinajstić information content (AvgIpc) is 3.11. The number of esters is 1. The van der Waals surface area contributed by atoms with Gasteiger partial charge in [0.2, 0.25) is 0 Å². The van der Waals surface area contributed by atoms with E-state index in [9.17, 15) is 9.59 Å². The molecule has 6 nitrogen and oxygen atoms in total. The van der Waals surface area contributed by atoms with Gasteiger partial charge in [-0.3, -0.25) is 9.59 Å². The molecule has 1 amide bonds. The third-order valence-corrected chi connectivity index (χ3v) is 4.80. The zero-order chi connectivity index (χ0) is 20.1. The van der Waals surface area contributed by atoms with Gasteiger partial charge in [-0.2, -0.15) is 0 Å². The number of aromatic nitrogens is 1. The second kappa shape index (κ2) is 8.93. The van der Waals surface area contributed by atoms with Crippen molar-refractivity contribution >= 4 is 38.7 Å². The molecule has 0 aliphatic carbocycles. The molecule has 0 aliphatic rings. The van der Waals surface area contributed by atoms with Crippen molar-refractivity contribution in [1.29, 1.82) is 0 Å². The van der Waals surface area contributed by atoms with Crippen LogP contribution in [0, 0.1) is 0 Å². The first-order valence-electron chi connectivity index (χ1n) is 8.89. The summed E-state index contributed by atoms with van der Waals surface area (Å²) in [4.78, 5) is 27.8. The Hall–Kier alpha value is -2.80. The summed E-state index contributed by atoms with van der Waals surface area (Å²) >= 11 is 3.42. The predicted molar refractivity (Wildman–Crippen MR) is 110 cm³/mol. The molecule has 1 aromatic heterocycles. The van der Waals surface area contributed by atoms with Gasteiger partial charge in [-0.15, -0.1) is 0 Å². The van der Waals surface area contributed by atoms with Crippen molar-refractivity contribution in [1.82, 2.24) is 10.3 Å². The lowest BCUT2D eigenvalue weighted by atomic mass is 10.0. The zero-order valence-electron chi connectivity index (χ0n) is 15.6. The van der Waals surface area contributed by atoms with E-state index in [1.807, 2.05) is 49.4 Å². The highest BCUT2D eigenvalue weighted by atomic mass is 79.9. The number of carbonyl (C=O) groups is 2. The van der Waals surface area contributed by atoms with E-state index >= 15 is 0 Å². The van der Waals surface area contributed by atoms with Gasteiger partial charge in [0, 0.05) is 21.4 Å². The normalized spacial score (nSPS) is 11.8. The molecule has 1 atom stereocenters. The van der Waals surface area contributed by atoms with E-state index in [-0.39, 0.29) is 12.3 Å². The fraction of sp³-hybridized carbons (Fsp3) is 0.238. The lowest BCUT2D eigenvalue weighted by Gasteiger charge is -2.18. The van der Waals surface area contributed by atoms with Crippen LogP contribution in [0.2, 0.25) is 0 Å². The maximum Gasteiger partial charge on any atom is 0.307 e. The molecule has 2 aromatic carbocycles. The first kappa shape index (κ1) is 19.9. The Morgan fingerprint density at radius 3 is 2.71 bits per heavy atom. The standard InChI is InChI=1S/C21H21BrN2O4/c1-3-28-16-8-7-14-10-19(23-17(14)11-16)21(26)24-18(12-20(25)27-2)13-5-4-6-15(22)9-13/h4-11,18,23H,3,12H2,1-2H3,(H,24,26). The van der Waals surface area contributed by atoms with Crippen molar-refractivity contribution in [2.75, 3.05) is 13.7 Å². The van der Waals surface area contributed by atoms with Crippen molar-refractivity contribution in [3.05, 3.63) is 64.3 Å². The zero-order valence-corrected chi connectivity index (χ0v) is 17.2. The lowest BCUT2D eigenvalue weighted by molar-refractivity contribution is -0.141. The Kier molecular flexibility index (Phi) is 6.36. The molecular weight excluding hydrogens is 424 g/mol. The third-order valence-electron chi connectivity index (χ3n) is 4.30. The number of methoxy groups -OCH3 is 1. The first-order chi connectivity index (χ1) is 13.5. The molecule has 0 saturated heterocycles. The van der Waals surface area contributed by atoms with Crippen LogP contribution < -0.4 is 10.1 Å². The largest absolute Gasteiger partial charge is 0.494 e. The van der Waals surface area contributed by atoms with Gasteiger partial charge < -0.3 is 19.8 Å². The summed E-state index contributed by atoms with van der Waals surface area (Å²) in [6.45, 7) is 2.49.